The fourth-order valence-corrected chi connectivity index (χ4v) is 2.75. The van der Waals surface area contributed by atoms with E-state index in [0.717, 1.165) is 11.3 Å². The standard InChI is InChI=1S/C22H22N4O3/c1-15(27)25-18-7-5-8-19(12-18)26-22(28)17-10-11-21(24-14-17)23-13-16-6-3-4-9-20(16)29-2/h3-12,14H,13H2,1-2H3,(H,23,24)(H,25,27)(H,26,28). The van der Waals surface area contributed by atoms with E-state index in [0.29, 0.717) is 29.3 Å². The summed E-state index contributed by atoms with van der Waals surface area (Å²) >= 11 is 0. The number of para-hydroxylation sites is 1. The number of methoxy groups -OCH3 is 1. The van der Waals surface area contributed by atoms with Crippen LogP contribution in [0.1, 0.15) is 22.8 Å². The lowest BCUT2D eigenvalue weighted by molar-refractivity contribution is -0.114. The highest BCUT2D eigenvalue weighted by Gasteiger charge is 2.08. The molecule has 0 aliphatic heterocycles. The van der Waals surface area contributed by atoms with E-state index in [1.165, 1.54) is 13.1 Å². The molecule has 2 amide bonds. The van der Waals surface area contributed by atoms with E-state index in [9.17, 15) is 9.59 Å². The Hall–Kier alpha value is -3.87. The summed E-state index contributed by atoms with van der Waals surface area (Å²) in [7, 11) is 1.64. The molecule has 7 heteroatoms. The Morgan fingerprint density at radius 3 is 2.41 bits per heavy atom. The zero-order valence-electron chi connectivity index (χ0n) is 16.2. The molecule has 3 N–H and O–H groups in total. The van der Waals surface area contributed by atoms with Gasteiger partial charge in [-0.2, -0.15) is 0 Å². The molecule has 29 heavy (non-hydrogen) atoms. The lowest BCUT2D eigenvalue weighted by atomic mass is 10.2. The second-order valence-corrected chi connectivity index (χ2v) is 6.31. The highest BCUT2D eigenvalue weighted by Crippen LogP contribution is 2.19. The van der Waals surface area contributed by atoms with Crippen LogP contribution in [0.25, 0.3) is 0 Å². The zero-order valence-corrected chi connectivity index (χ0v) is 16.2. The first-order chi connectivity index (χ1) is 14.0. The van der Waals surface area contributed by atoms with Crippen molar-refractivity contribution in [3.63, 3.8) is 0 Å². The largest absolute Gasteiger partial charge is 0.496 e. The summed E-state index contributed by atoms with van der Waals surface area (Å²) in [6.45, 7) is 1.99. The SMILES string of the molecule is COc1ccccc1CNc1ccc(C(=O)Nc2cccc(NC(C)=O)c2)cn1. The van der Waals surface area contributed by atoms with E-state index < -0.39 is 0 Å². The van der Waals surface area contributed by atoms with Crippen molar-refractivity contribution in [2.24, 2.45) is 0 Å². The molecule has 7 nitrogen and oxygen atoms in total. The molecule has 2 aromatic carbocycles. The first-order valence-electron chi connectivity index (χ1n) is 9.06. The molecule has 148 valence electrons. The van der Waals surface area contributed by atoms with E-state index in [4.69, 9.17) is 4.74 Å². The fourth-order valence-electron chi connectivity index (χ4n) is 2.75. The molecular weight excluding hydrogens is 368 g/mol. The number of nitrogens with zero attached hydrogens (tertiary/aromatic N) is 1. The molecule has 0 aliphatic carbocycles. The number of ether oxygens (including phenoxy) is 1. The van der Waals surface area contributed by atoms with Crippen molar-refractivity contribution in [1.82, 2.24) is 4.98 Å². The van der Waals surface area contributed by atoms with Gasteiger partial charge in [0.1, 0.15) is 11.6 Å². The highest BCUT2D eigenvalue weighted by molar-refractivity contribution is 6.04. The maximum Gasteiger partial charge on any atom is 0.257 e. The van der Waals surface area contributed by atoms with Crippen LogP contribution in [0.2, 0.25) is 0 Å². The molecule has 0 saturated carbocycles. The molecular formula is C22H22N4O3. The van der Waals surface area contributed by atoms with E-state index in [-0.39, 0.29) is 11.8 Å². The van der Waals surface area contributed by atoms with Crippen LogP contribution in [-0.2, 0) is 11.3 Å². The predicted octanol–water partition coefficient (Wildman–Crippen LogP) is 3.91. The van der Waals surface area contributed by atoms with Gasteiger partial charge in [-0.15, -0.1) is 0 Å². The Balaban J connectivity index is 1.61. The van der Waals surface area contributed by atoms with Crippen molar-refractivity contribution in [3.8, 4) is 5.75 Å². The minimum atomic E-state index is -0.284. The van der Waals surface area contributed by atoms with E-state index in [1.807, 2.05) is 24.3 Å². The van der Waals surface area contributed by atoms with E-state index >= 15 is 0 Å². The number of nitrogens with one attached hydrogen (secondary N) is 3. The zero-order chi connectivity index (χ0) is 20.6. The van der Waals surface area contributed by atoms with Gasteiger partial charge in [-0.3, -0.25) is 9.59 Å². The molecule has 0 fully saturated rings. The number of hydrogen-bond donors (Lipinski definition) is 3. The molecule has 1 aromatic heterocycles. The molecule has 0 aliphatic rings. The fraction of sp³-hybridized carbons (Fsp3) is 0.136. The summed E-state index contributed by atoms with van der Waals surface area (Å²) in [6, 6.07) is 18.1. The van der Waals surface area contributed by atoms with E-state index in [2.05, 4.69) is 20.9 Å². The van der Waals surface area contributed by atoms with Crippen molar-refractivity contribution in [1.29, 1.82) is 0 Å². The Bertz CT molecular complexity index is 1000. The van der Waals surface area contributed by atoms with Crippen molar-refractivity contribution < 1.29 is 14.3 Å². The maximum atomic E-state index is 12.4. The van der Waals surface area contributed by atoms with Crippen LogP contribution in [0.3, 0.4) is 0 Å². The number of anilines is 3. The lowest BCUT2D eigenvalue weighted by Crippen LogP contribution is -2.13. The number of benzene rings is 2. The van der Waals surface area contributed by atoms with Gasteiger partial charge in [-0.25, -0.2) is 4.98 Å². The Morgan fingerprint density at radius 2 is 1.72 bits per heavy atom. The Labute approximate surface area is 169 Å². The van der Waals surface area contributed by atoms with Crippen LogP contribution in [0.15, 0.2) is 66.9 Å². The lowest BCUT2D eigenvalue weighted by Gasteiger charge is -2.10. The summed E-state index contributed by atoms with van der Waals surface area (Å²) in [5.74, 6) is 1.00. The second kappa shape index (κ2) is 9.36. The number of carbonyl (C=O) groups excluding carboxylic acids is 2. The molecule has 0 radical (unpaired) electrons. The van der Waals surface area contributed by atoms with Gasteiger partial charge in [0, 0.05) is 36.6 Å². The first kappa shape index (κ1) is 19.9. The third kappa shape index (κ3) is 5.55. The molecule has 0 atom stereocenters. The molecule has 3 aromatic rings. The highest BCUT2D eigenvalue weighted by atomic mass is 16.5. The summed E-state index contributed by atoms with van der Waals surface area (Å²) in [5, 5.41) is 8.69. The predicted molar refractivity (Wildman–Crippen MR) is 113 cm³/mol. The number of pyridine rings is 1. The monoisotopic (exact) mass is 390 g/mol. The first-order valence-corrected chi connectivity index (χ1v) is 9.06. The summed E-state index contributed by atoms with van der Waals surface area (Å²) < 4.78 is 5.33. The van der Waals surface area contributed by atoms with Crippen molar-refractivity contribution in [2.45, 2.75) is 13.5 Å². The van der Waals surface area contributed by atoms with Gasteiger partial charge in [-0.1, -0.05) is 24.3 Å². The van der Waals surface area contributed by atoms with Crippen LogP contribution in [0, 0.1) is 0 Å². The number of hydrogen-bond acceptors (Lipinski definition) is 5. The van der Waals surface area contributed by atoms with Crippen LogP contribution in [0.5, 0.6) is 5.75 Å². The Morgan fingerprint density at radius 1 is 0.966 bits per heavy atom. The smallest absolute Gasteiger partial charge is 0.257 e. The normalized spacial score (nSPS) is 10.1. The molecule has 0 bridgehead atoms. The quantitative estimate of drug-likeness (QED) is 0.569. The number of aromatic nitrogens is 1. The third-order valence-electron chi connectivity index (χ3n) is 4.12. The van der Waals surface area contributed by atoms with Gasteiger partial charge in [0.25, 0.3) is 5.91 Å². The third-order valence-corrected chi connectivity index (χ3v) is 4.12. The van der Waals surface area contributed by atoms with Crippen LogP contribution in [0.4, 0.5) is 17.2 Å². The van der Waals surface area contributed by atoms with Crippen molar-refractivity contribution >= 4 is 29.0 Å². The van der Waals surface area contributed by atoms with Gasteiger partial charge in [0.05, 0.1) is 12.7 Å². The number of carbonyl (C=O) groups is 2. The minimum absolute atomic E-state index is 0.172. The molecule has 0 saturated heterocycles. The van der Waals surface area contributed by atoms with Gasteiger partial charge in [0.15, 0.2) is 0 Å². The Kier molecular flexibility index (Phi) is 6.42. The van der Waals surface area contributed by atoms with Gasteiger partial charge < -0.3 is 20.7 Å². The molecule has 0 spiro atoms. The maximum absolute atomic E-state index is 12.4. The minimum Gasteiger partial charge on any atom is -0.496 e. The molecule has 0 unspecified atom stereocenters. The topological polar surface area (TPSA) is 92.4 Å². The average molecular weight is 390 g/mol. The van der Waals surface area contributed by atoms with Gasteiger partial charge in [0.2, 0.25) is 5.91 Å². The van der Waals surface area contributed by atoms with Crippen LogP contribution < -0.4 is 20.7 Å². The molecule has 3 rings (SSSR count). The number of rotatable bonds is 7. The summed E-state index contributed by atoms with van der Waals surface area (Å²) in [5.41, 5.74) is 2.64. The molecule has 1 heterocycles. The van der Waals surface area contributed by atoms with Gasteiger partial charge >= 0.3 is 0 Å². The second-order valence-electron chi connectivity index (χ2n) is 6.31. The van der Waals surface area contributed by atoms with Crippen LogP contribution in [-0.4, -0.2) is 23.9 Å². The van der Waals surface area contributed by atoms with E-state index in [1.54, 1.807) is 43.5 Å². The van der Waals surface area contributed by atoms with Crippen molar-refractivity contribution in [3.05, 3.63) is 78.0 Å². The summed E-state index contributed by atoms with van der Waals surface area (Å²) in [4.78, 5) is 27.9. The summed E-state index contributed by atoms with van der Waals surface area (Å²) in [6.07, 6.45) is 1.51. The van der Waals surface area contributed by atoms with Crippen LogP contribution >= 0.6 is 0 Å². The number of amides is 2. The van der Waals surface area contributed by atoms with Gasteiger partial charge in [-0.05, 0) is 36.4 Å². The van der Waals surface area contributed by atoms with Crippen molar-refractivity contribution in [2.75, 3.05) is 23.1 Å². The average Bonchev–Trinajstić information content (AvgIpc) is 2.72.